The van der Waals surface area contributed by atoms with Crippen LogP contribution < -0.4 is 10.6 Å². The van der Waals surface area contributed by atoms with Gasteiger partial charge >= 0.3 is 0 Å². The predicted octanol–water partition coefficient (Wildman–Crippen LogP) is 1.65. The first-order valence-corrected chi connectivity index (χ1v) is 8.08. The van der Waals surface area contributed by atoms with E-state index in [-0.39, 0.29) is 0 Å². The largest absolute Gasteiger partial charge is 0.362 e. The number of rotatable bonds is 4. The number of hydrogen-bond donors (Lipinski definition) is 2. The van der Waals surface area contributed by atoms with Crippen molar-refractivity contribution in [2.75, 3.05) is 18.4 Å². The van der Waals surface area contributed by atoms with E-state index in [2.05, 4.69) is 36.9 Å². The molecule has 0 radical (unpaired) electrons. The minimum atomic E-state index is 0.485. The maximum atomic E-state index is 9.31. The average Bonchev–Trinajstić information content (AvgIpc) is 2.98. The molecule has 0 saturated carbocycles. The molecular formula is C15H13N7S. The van der Waals surface area contributed by atoms with Gasteiger partial charge in [0.25, 0.3) is 0 Å². The van der Waals surface area contributed by atoms with Crippen molar-refractivity contribution in [1.29, 1.82) is 5.26 Å². The molecule has 0 amide bonds. The first-order valence-electron chi connectivity index (χ1n) is 7.26. The second kappa shape index (κ2) is 5.87. The fraction of sp³-hybridized carbons (Fsp3) is 0.267. The number of nitriles is 1. The van der Waals surface area contributed by atoms with E-state index in [9.17, 15) is 5.26 Å². The number of hydrogen-bond acceptors (Lipinski definition) is 8. The van der Waals surface area contributed by atoms with Gasteiger partial charge in [0.2, 0.25) is 0 Å². The second-order valence-electron chi connectivity index (χ2n) is 5.29. The topological polar surface area (TPSA) is 99.4 Å². The van der Waals surface area contributed by atoms with Crippen molar-refractivity contribution in [3.8, 4) is 6.07 Å². The number of pyridine rings is 2. The van der Waals surface area contributed by atoms with Gasteiger partial charge in [-0.25, -0.2) is 9.97 Å². The Bertz CT molecular complexity index is 894. The Morgan fingerprint density at radius 2 is 2.30 bits per heavy atom. The van der Waals surface area contributed by atoms with E-state index in [1.165, 1.54) is 0 Å². The van der Waals surface area contributed by atoms with Crippen LogP contribution in [-0.4, -0.2) is 33.3 Å². The lowest BCUT2D eigenvalue weighted by Crippen LogP contribution is -2.39. The van der Waals surface area contributed by atoms with E-state index in [1.54, 1.807) is 23.6 Å². The third kappa shape index (κ3) is 2.72. The van der Waals surface area contributed by atoms with Gasteiger partial charge in [0.15, 0.2) is 5.65 Å². The van der Waals surface area contributed by atoms with Crippen molar-refractivity contribution in [3.63, 3.8) is 0 Å². The first kappa shape index (κ1) is 14.0. The molecule has 1 saturated heterocycles. The molecule has 1 aliphatic heterocycles. The van der Waals surface area contributed by atoms with Crippen LogP contribution in [0.1, 0.15) is 21.5 Å². The van der Waals surface area contributed by atoms with Gasteiger partial charge in [0.05, 0.1) is 12.1 Å². The monoisotopic (exact) mass is 323 g/mol. The third-order valence-electron chi connectivity index (χ3n) is 3.73. The van der Waals surface area contributed by atoms with E-state index in [0.717, 1.165) is 28.5 Å². The van der Waals surface area contributed by atoms with Crippen molar-refractivity contribution in [3.05, 3.63) is 40.0 Å². The summed E-state index contributed by atoms with van der Waals surface area (Å²) in [4.78, 5) is 8.66. The lowest BCUT2D eigenvalue weighted by Gasteiger charge is -2.23. The number of nitrogens with zero attached hydrogens (tertiary/aromatic N) is 5. The Kier molecular flexibility index (Phi) is 3.57. The highest BCUT2D eigenvalue weighted by Crippen LogP contribution is 2.24. The van der Waals surface area contributed by atoms with Gasteiger partial charge < -0.3 is 10.6 Å². The quantitative estimate of drug-likeness (QED) is 0.753. The van der Waals surface area contributed by atoms with Gasteiger partial charge in [-0.3, -0.25) is 0 Å². The Hall–Kier alpha value is -2.63. The zero-order valence-electron chi connectivity index (χ0n) is 12.2. The minimum absolute atomic E-state index is 0.485. The fourth-order valence-electron chi connectivity index (χ4n) is 2.35. The summed E-state index contributed by atoms with van der Waals surface area (Å²) in [5, 5.41) is 27.0. The van der Waals surface area contributed by atoms with Crippen molar-refractivity contribution in [1.82, 2.24) is 25.5 Å². The van der Waals surface area contributed by atoms with Crippen molar-refractivity contribution < 1.29 is 0 Å². The Morgan fingerprint density at radius 1 is 1.39 bits per heavy atom. The first-order chi connectivity index (χ1) is 11.3. The molecule has 0 aliphatic carbocycles. The van der Waals surface area contributed by atoms with Crippen LogP contribution in [0, 0.1) is 11.3 Å². The summed E-state index contributed by atoms with van der Waals surface area (Å²) in [6.07, 6.45) is 1.69. The zero-order chi connectivity index (χ0) is 15.6. The standard InChI is InChI=1S/C15H13N7S/c16-5-10-4-9-2-1-3-18-13(9)20-14(10)19-8-12-21-22-15(23-12)11-6-17-7-11/h1-4,11,17H,6-8H2,(H,18,19,20). The Morgan fingerprint density at radius 3 is 3.09 bits per heavy atom. The molecule has 0 atom stereocenters. The zero-order valence-corrected chi connectivity index (χ0v) is 13.0. The minimum Gasteiger partial charge on any atom is -0.362 e. The molecule has 4 heterocycles. The molecule has 0 unspecified atom stereocenters. The van der Waals surface area contributed by atoms with Crippen LogP contribution in [0.25, 0.3) is 11.0 Å². The molecular weight excluding hydrogens is 310 g/mol. The second-order valence-corrected chi connectivity index (χ2v) is 6.38. The van der Waals surface area contributed by atoms with E-state index < -0.39 is 0 Å². The van der Waals surface area contributed by atoms with E-state index in [0.29, 0.717) is 29.5 Å². The van der Waals surface area contributed by atoms with Crippen molar-refractivity contribution >= 4 is 28.2 Å². The summed E-state index contributed by atoms with van der Waals surface area (Å²) in [5.74, 6) is 1.01. The third-order valence-corrected chi connectivity index (χ3v) is 4.82. The van der Waals surface area contributed by atoms with Gasteiger partial charge in [-0.1, -0.05) is 11.3 Å². The van der Waals surface area contributed by atoms with Gasteiger partial charge in [-0.2, -0.15) is 5.26 Å². The summed E-state index contributed by atoms with van der Waals surface area (Å²) in [5.41, 5.74) is 1.12. The molecule has 0 spiro atoms. The summed E-state index contributed by atoms with van der Waals surface area (Å²) in [7, 11) is 0. The average molecular weight is 323 g/mol. The van der Waals surface area contributed by atoms with E-state index in [4.69, 9.17) is 0 Å². The normalized spacial score (nSPS) is 14.4. The smallest absolute Gasteiger partial charge is 0.161 e. The molecule has 8 heteroatoms. The number of aromatic nitrogens is 4. The van der Waals surface area contributed by atoms with Gasteiger partial charge in [-0.15, -0.1) is 10.2 Å². The van der Waals surface area contributed by atoms with Crippen molar-refractivity contribution in [2.45, 2.75) is 12.5 Å². The van der Waals surface area contributed by atoms with Crippen LogP contribution in [0.15, 0.2) is 24.4 Å². The molecule has 1 fully saturated rings. The van der Waals surface area contributed by atoms with Crippen LogP contribution in [0.5, 0.6) is 0 Å². The maximum Gasteiger partial charge on any atom is 0.161 e. The Balaban J connectivity index is 1.55. The fourth-order valence-corrected chi connectivity index (χ4v) is 3.23. The molecule has 1 aliphatic rings. The summed E-state index contributed by atoms with van der Waals surface area (Å²) < 4.78 is 0. The molecule has 3 aromatic rings. The van der Waals surface area contributed by atoms with Crippen LogP contribution in [0.2, 0.25) is 0 Å². The highest BCUT2D eigenvalue weighted by molar-refractivity contribution is 7.11. The summed E-state index contributed by atoms with van der Waals surface area (Å²) in [6, 6.07) is 7.69. The van der Waals surface area contributed by atoms with Crippen LogP contribution in [0.4, 0.5) is 5.82 Å². The molecule has 7 nitrogen and oxygen atoms in total. The molecule has 4 rings (SSSR count). The van der Waals surface area contributed by atoms with Crippen LogP contribution in [0.3, 0.4) is 0 Å². The Labute approximate surface area is 136 Å². The number of anilines is 1. The molecule has 0 bridgehead atoms. The number of fused-ring (bicyclic) bond motifs is 1. The highest BCUT2D eigenvalue weighted by atomic mass is 32.1. The van der Waals surface area contributed by atoms with Gasteiger partial charge in [0.1, 0.15) is 21.9 Å². The lowest BCUT2D eigenvalue weighted by atomic mass is 10.1. The maximum absolute atomic E-state index is 9.31. The molecule has 23 heavy (non-hydrogen) atoms. The molecule has 114 valence electrons. The van der Waals surface area contributed by atoms with Crippen molar-refractivity contribution in [2.24, 2.45) is 0 Å². The molecule has 3 aromatic heterocycles. The van der Waals surface area contributed by atoms with Crippen LogP contribution >= 0.6 is 11.3 Å². The van der Waals surface area contributed by atoms with E-state index >= 15 is 0 Å². The summed E-state index contributed by atoms with van der Waals surface area (Å²) >= 11 is 1.60. The lowest BCUT2D eigenvalue weighted by molar-refractivity contribution is 0.444. The SMILES string of the molecule is N#Cc1cc2cccnc2nc1NCc1nnc(C2CNC2)s1. The van der Waals surface area contributed by atoms with Crippen LogP contribution in [-0.2, 0) is 6.54 Å². The highest BCUT2D eigenvalue weighted by Gasteiger charge is 2.22. The molecule has 0 aromatic carbocycles. The molecule has 2 N–H and O–H groups in total. The number of nitrogens with one attached hydrogen (secondary N) is 2. The summed E-state index contributed by atoms with van der Waals surface area (Å²) in [6.45, 7) is 2.44. The predicted molar refractivity (Wildman–Crippen MR) is 87.1 cm³/mol. The van der Waals surface area contributed by atoms with Gasteiger partial charge in [-0.05, 0) is 18.2 Å². The van der Waals surface area contributed by atoms with Gasteiger partial charge in [0, 0.05) is 30.6 Å². The van der Waals surface area contributed by atoms with E-state index in [1.807, 2.05) is 12.1 Å².